The Balaban J connectivity index is 1.74. The number of aromatic nitrogens is 2. The van der Waals surface area contributed by atoms with Gasteiger partial charge in [0, 0.05) is 30.4 Å². The molecule has 2 heterocycles. The number of likely N-dealkylation sites (N-methyl/N-ethyl adjacent to an activating group) is 1. The lowest BCUT2D eigenvalue weighted by atomic mass is 10.2. The maximum atomic E-state index is 4.03. The fraction of sp³-hybridized carbons (Fsp3) is 0.750. The van der Waals surface area contributed by atoms with E-state index in [-0.39, 0.29) is 0 Å². The molecular weight excluding hydrogens is 200 g/mol. The smallest absolute Gasteiger partial charge is 0.0535 e. The third-order valence-corrected chi connectivity index (χ3v) is 3.53. The molecule has 1 aromatic heterocycles. The topological polar surface area (TPSA) is 44.0 Å². The van der Waals surface area contributed by atoms with Crippen LogP contribution in [0.2, 0.25) is 0 Å². The molecule has 1 saturated heterocycles. The van der Waals surface area contributed by atoms with Crippen LogP contribution in [0.15, 0.2) is 6.20 Å². The van der Waals surface area contributed by atoms with Gasteiger partial charge in [0.05, 0.1) is 6.20 Å². The van der Waals surface area contributed by atoms with Crippen molar-refractivity contribution < 1.29 is 0 Å². The van der Waals surface area contributed by atoms with Crippen LogP contribution in [0.1, 0.15) is 31.0 Å². The predicted molar refractivity (Wildman–Crippen MR) is 65.3 cm³/mol. The predicted octanol–water partition coefficient (Wildman–Crippen LogP) is 1.29. The van der Waals surface area contributed by atoms with E-state index in [1.807, 2.05) is 6.20 Å². The van der Waals surface area contributed by atoms with Crippen LogP contribution < -0.4 is 5.32 Å². The zero-order chi connectivity index (χ0) is 11.4. The van der Waals surface area contributed by atoms with E-state index in [9.17, 15) is 0 Å². The second-order valence-corrected chi connectivity index (χ2v) is 4.58. The van der Waals surface area contributed by atoms with Crippen molar-refractivity contribution in [2.75, 3.05) is 19.6 Å². The van der Waals surface area contributed by atoms with Gasteiger partial charge in [-0.1, -0.05) is 6.92 Å². The zero-order valence-corrected chi connectivity index (χ0v) is 10.3. The van der Waals surface area contributed by atoms with E-state index in [4.69, 9.17) is 0 Å². The Labute approximate surface area is 97.4 Å². The van der Waals surface area contributed by atoms with E-state index in [1.165, 1.54) is 37.2 Å². The molecule has 1 aliphatic rings. The van der Waals surface area contributed by atoms with Crippen molar-refractivity contribution in [1.29, 1.82) is 0 Å². The standard InChI is InChI=1S/C12H22N4/c1-3-16-6-4-5-12(16)9-13-7-11-8-14-15-10(11)2/h8,12-13H,3-7,9H2,1-2H3,(H,14,15)/t12-/m1/s1. The van der Waals surface area contributed by atoms with Crippen LogP contribution in [-0.2, 0) is 6.54 Å². The zero-order valence-electron chi connectivity index (χ0n) is 10.3. The molecule has 1 fully saturated rings. The number of aryl methyl sites for hydroxylation is 1. The van der Waals surface area contributed by atoms with Crippen LogP contribution in [-0.4, -0.2) is 40.8 Å². The average Bonchev–Trinajstić information content (AvgIpc) is 2.88. The Morgan fingerprint density at radius 2 is 2.50 bits per heavy atom. The Hall–Kier alpha value is -0.870. The minimum absolute atomic E-state index is 0.734. The summed E-state index contributed by atoms with van der Waals surface area (Å²) in [4.78, 5) is 2.56. The van der Waals surface area contributed by atoms with Crippen LogP contribution >= 0.6 is 0 Å². The SMILES string of the molecule is CCN1CCC[C@@H]1CNCc1cn[nH]c1C. The number of H-pyrrole nitrogens is 1. The lowest BCUT2D eigenvalue weighted by Crippen LogP contribution is -2.37. The molecule has 90 valence electrons. The number of nitrogens with zero attached hydrogens (tertiary/aromatic N) is 2. The van der Waals surface area contributed by atoms with E-state index in [1.54, 1.807) is 0 Å². The molecule has 0 spiro atoms. The van der Waals surface area contributed by atoms with E-state index in [0.717, 1.165) is 19.1 Å². The average molecular weight is 222 g/mol. The summed E-state index contributed by atoms with van der Waals surface area (Å²) in [6.45, 7) is 8.79. The molecule has 2 N–H and O–H groups in total. The summed E-state index contributed by atoms with van der Waals surface area (Å²) in [5, 5.41) is 10.5. The van der Waals surface area contributed by atoms with E-state index in [2.05, 4.69) is 34.3 Å². The van der Waals surface area contributed by atoms with Crippen molar-refractivity contribution >= 4 is 0 Å². The molecule has 16 heavy (non-hydrogen) atoms. The number of aromatic amines is 1. The number of likely N-dealkylation sites (tertiary alicyclic amines) is 1. The van der Waals surface area contributed by atoms with Crippen LogP contribution in [0, 0.1) is 6.92 Å². The fourth-order valence-electron chi connectivity index (χ4n) is 2.47. The van der Waals surface area contributed by atoms with Gasteiger partial charge in [-0.3, -0.25) is 10.00 Å². The first kappa shape index (κ1) is 11.6. The molecule has 0 amide bonds. The summed E-state index contributed by atoms with van der Waals surface area (Å²) in [5.74, 6) is 0. The first-order valence-corrected chi connectivity index (χ1v) is 6.25. The van der Waals surface area contributed by atoms with Crippen molar-refractivity contribution in [3.63, 3.8) is 0 Å². The molecule has 4 nitrogen and oxygen atoms in total. The van der Waals surface area contributed by atoms with Crippen molar-refractivity contribution in [3.05, 3.63) is 17.5 Å². The fourth-order valence-corrected chi connectivity index (χ4v) is 2.47. The second-order valence-electron chi connectivity index (χ2n) is 4.58. The summed E-state index contributed by atoms with van der Waals surface area (Å²) >= 11 is 0. The first-order chi connectivity index (χ1) is 7.81. The molecular formula is C12H22N4. The highest BCUT2D eigenvalue weighted by Crippen LogP contribution is 2.15. The normalized spacial score (nSPS) is 21.8. The van der Waals surface area contributed by atoms with Gasteiger partial charge >= 0.3 is 0 Å². The maximum Gasteiger partial charge on any atom is 0.0535 e. The summed E-state index contributed by atoms with van der Waals surface area (Å²) in [7, 11) is 0. The van der Waals surface area contributed by atoms with Crippen LogP contribution in [0.4, 0.5) is 0 Å². The Kier molecular flexibility index (Phi) is 3.96. The van der Waals surface area contributed by atoms with Gasteiger partial charge in [-0.25, -0.2) is 0 Å². The Morgan fingerprint density at radius 1 is 1.62 bits per heavy atom. The van der Waals surface area contributed by atoms with Gasteiger partial charge in [0.2, 0.25) is 0 Å². The van der Waals surface area contributed by atoms with Crippen LogP contribution in [0.5, 0.6) is 0 Å². The second kappa shape index (κ2) is 5.46. The van der Waals surface area contributed by atoms with Crippen molar-refractivity contribution in [2.24, 2.45) is 0 Å². The minimum Gasteiger partial charge on any atom is -0.311 e. The number of hydrogen-bond donors (Lipinski definition) is 2. The molecule has 2 rings (SSSR count). The number of hydrogen-bond acceptors (Lipinski definition) is 3. The van der Waals surface area contributed by atoms with Crippen LogP contribution in [0.25, 0.3) is 0 Å². The molecule has 1 aliphatic heterocycles. The number of nitrogens with one attached hydrogen (secondary N) is 2. The van der Waals surface area contributed by atoms with E-state index < -0.39 is 0 Å². The van der Waals surface area contributed by atoms with Gasteiger partial charge in [0.25, 0.3) is 0 Å². The molecule has 0 bridgehead atoms. The minimum atomic E-state index is 0.734. The molecule has 1 atom stereocenters. The molecule has 0 unspecified atom stereocenters. The Bertz CT molecular complexity index is 321. The Morgan fingerprint density at radius 3 is 3.19 bits per heavy atom. The molecule has 0 aliphatic carbocycles. The largest absolute Gasteiger partial charge is 0.311 e. The van der Waals surface area contributed by atoms with Gasteiger partial charge in [-0.2, -0.15) is 5.10 Å². The van der Waals surface area contributed by atoms with Gasteiger partial charge in [0.1, 0.15) is 0 Å². The third-order valence-electron chi connectivity index (χ3n) is 3.53. The molecule has 0 saturated carbocycles. The molecule has 0 radical (unpaired) electrons. The van der Waals surface area contributed by atoms with Crippen molar-refractivity contribution in [2.45, 2.75) is 39.3 Å². The van der Waals surface area contributed by atoms with Gasteiger partial charge in [0.15, 0.2) is 0 Å². The molecule has 1 aromatic rings. The van der Waals surface area contributed by atoms with Gasteiger partial charge in [-0.15, -0.1) is 0 Å². The summed E-state index contributed by atoms with van der Waals surface area (Å²) in [6, 6.07) is 0.734. The highest BCUT2D eigenvalue weighted by Gasteiger charge is 2.22. The first-order valence-electron chi connectivity index (χ1n) is 6.25. The monoisotopic (exact) mass is 222 g/mol. The van der Waals surface area contributed by atoms with Gasteiger partial charge in [-0.05, 0) is 32.9 Å². The highest BCUT2D eigenvalue weighted by atomic mass is 15.2. The summed E-state index contributed by atoms with van der Waals surface area (Å²) in [6.07, 6.45) is 4.60. The molecule has 4 heteroatoms. The maximum absolute atomic E-state index is 4.03. The third kappa shape index (κ3) is 2.62. The summed E-state index contributed by atoms with van der Waals surface area (Å²) in [5.41, 5.74) is 2.45. The summed E-state index contributed by atoms with van der Waals surface area (Å²) < 4.78 is 0. The quantitative estimate of drug-likeness (QED) is 0.789. The van der Waals surface area contributed by atoms with E-state index in [0.29, 0.717) is 0 Å². The van der Waals surface area contributed by atoms with E-state index >= 15 is 0 Å². The lowest BCUT2D eigenvalue weighted by Gasteiger charge is -2.22. The number of rotatable bonds is 5. The van der Waals surface area contributed by atoms with Crippen LogP contribution in [0.3, 0.4) is 0 Å². The van der Waals surface area contributed by atoms with Gasteiger partial charge < -0.3 is 5.32 Å². The lowest BCUT2D eigenvalue weighted by molar-refractivity contribution is 0.260. The highest BCUT2D eigenvalue weighted by molar-refractivity contribution is 5.13. The molecule has 0 aromatic carbocycles. The van der Waals surface area contributed by atoms with Crippen molar-refractivity contribution in [3.8, 4) is 0 Å². The van der Waals surface area contributed by atoms with Crippen molar-refractivity contribution in [1.82, 2.24) is 20.4 Å².